The van der Waals surface area contributed by atoms with Crippen LogP contribution in [0.5, 0.6) is 0 Å². The van der Waals surface area contributed by atoms with Gasteiger partial charge in [0.05, 0.1) is 5.75 Å². The van der Waals surface area contributed by atoms with Crippen LogP contribution in [0.1, 0.15) is 13.8 Å². The van der Waals surface area contributed by atoms with Crippen molar-refractivity contribution >= 4 is 27.3 Å². The number of rotatable bonds is 6. The normalized spacial score (nSPS) is 11.8. The zero-order chi connectivity index (χ0) is 12.9. The number of nitrogens with one attached hydrogen (secondary N) is 2. The van der Waals surface area contributed by atoms with Crippen LogP contribution >= 0.6 is 11.6 Å². The van der Waals surface area contributed by atoms with Crippen molar-refractivity contribution < 1.29 is 8.42 Å². The Bertz CT molecular complexity index is 443. The molecule has 0 atom stereocenters. The molecule has 96 valence electrons. The molecule has 4 nitrogen and oxygen atoms in total. The van der Waals surface area contributed by atoms with E-state index in [0.29, 0.717) is 17.3 Å². The van der Waals surface area contributed by atoms with Crippen LogP contribution in [0.4, 0.5) is 5.69 Å². The molecule has 0 saturated heterocycles. The number of anilines is 1. The molecule has 0 aliphatic heterocycles. The summed E-state index contributed by atoms with van der Waals surface area (Å²) in [5.74, 6) is 0.0494. The predicted octanol–water partition coefficient (Wildman–Crippen LogP) is 2.08. The van der Waals surface area contributed by atoms with E-state index < -0.39 is 10.0 Å². The predicted molar refractivity (Wildman–Crippen MR) is 72.0 cm³/mol. The van der Waals surface area contributed by atoms with Crippen LogP contribution in [0.2, 0.25) is 5.02 Å². The lowest BCUT2D eigenvalue weighted by Gasteiger charge is -2.10. The third-order valence-electron chi connectivity index (χ3n) is 2.04. The van der Waals surface area contributed by atoms with E-state index in [1.807, 2.05) is 13.8 Å². The van der Waals surface area contributed by atoms with Gasteiger partial charge in [0.15, 0.2) is 0 Å². The zero-order valence-electron chi connectivity index (χ0n) is 9.90. The standard InChI is InChI=1S/C11H17ClN2O2S/c1-9(2)13-7-8-17(15,16)14-11-5-3-10(12)4-6-11/h3-6,9,13-14H,7-8H2,1-2H3. The number of halogens is 1. The Morgan fingerprint density at radius 3 is 2.35 bits per heavy atom. The molecule has 6 heteroatoms. The Labute approximate surface area is 107 Å². The van der Waals surface area contributed by atoms with Gasteiger partial charge in [-0.15, -0.1) is 0 Å². The van der Waals surface area contributed by atoms with Gasteiger partial charge in [-0.3, -0.25) is 4.72 Å². The molecule has 0 spiro atoms. The maximum absolute atomic E-state index is 11.7. The lowest BCUT2D eigenvalue weighted by molar-refractivity contribution is 0.582. The minimum absolute atomic E-state index is 0.0494. The fraction of sp³-hybridized carbons (Fsp3) is 0.455. The van der Waals surface area contributed by atoms with E-state index in [1.54, 1.807) is 24.3 Å². The summed E-state index contributed by atoms with van der Waals surface area (Å²) in [5.41, 5.74) is 0.527. The Balaban J connectivity index is 2.52. The van der Waals surface area contributed by atoms with E-state index in [1.165, 1.54) is 0 Å². The topological polar surface area (TPSA) is 58.2 Å². The fourth-order valence-electron chi connectivity index (χ4n) is 1.23. The molecule has 0 bridgehead atoms. The lowest BCUT2D eigenvalue weighted by atomic mass is 10.3. The fourth-order valence-corrected chi connectivity index (χ4v) is 2.34. The third kappa shape index (κ3) is 5.91. The Hall–Kier alpha value is -0.780. The van der Waals surface area contributed by atoms with Gasteiger partial charge in [-0.2, -0.15) is 0 Å². The molecule has 0 aliphatic rings. The minimum atomic E-state index is -3.30. The molecular weight excluding hydrogens is 260 g/mol. The Morgan fingerprint density at radius 1 is 1.24 bits per heavy atom. The van der Waals surface area contributed by atoms with Crippen LogP contribution in [-0.4, -0.2) is 26.8 Å². The van der Waals surface area contributed by atoms with Gasteiger partial charge in [0.1, 0.15) is 0 Å². The van der Waals surface area contributed by atoms with Gasteiger partial charge in [0.25, 0.3) is 0 Å². The molecular formula is C11H17ClN2O2S. The first kappa shape index (κ1) is 14.3. The van der Waals surface area contributed by atoms with Gasteiger partial charge in [0.2, 0.25) is 10.0 Å². The summed E-state index contributed by atoms with van der Waals surface area (Å²) in [6.07, 6.45) is 0. The van der Waals surface area contributed by atoms with Gasteiger partial charge in [-0.25, -0.2) is 8.42 Å². The minimum Gasteiger partial charge on any atom is -0.313 e. The first-order valence-corrected chi connectivity index (χ1v) is 7.41. The maximum Gasteiger partial charge on any atom is 0.233 e. The first-order chi connectivity index (χ1) is 7.89. The molecule has 0 heterocycles. The second kappa shape index (κ2) is 6.23. The van der Waals surface area contributed by atoms with Crippen molar-refractivity contribution in [2.75, 3.05) is 17.0 Å². The van der Waals surface area contributed by atoms with Crippen molar-refractivity contribution in [1.29, 1.82) is 0 Å². The summed E-state index contributed by atoms with van der Waals surface area (Å²) in [7, 11) is -3.30. The molecule has 1 aromatic rings. The molecule has 0 radical (unpaired) electrons. The SMILES string of the molecule is CC(C)NCCS(=O)(=O)Nc1ccc(Cl)cc1. The van der Waals surface area contributed by atoms with Crippen molar-refractivity contribution in [2.45, 2.75) is 19.9 Å². The van der Waals surface area contributed by atoms with E-state index in [4.69, 9.17) is 11.6 Å². The Morgan fingerprint density at radius 2 is 1.82 bits per heavy atom. The number of hydrogen-bond donors (Lipinski definition) is 2. The monoisotopic (exact) mass is 276 g/mol. The van der Waals surface area contributed by atoms with Crippen molar-refractivity contribution in [3.63, 3.8) is 0 Å². The molecule has 1 rings (SSSR count). The highest BCUT2D eigenvalue weighted by atomic mass is 35.5. The summed E-state index contributed by atoms with van der Waals surface area (Å²) in [6, 6.07) is 6.84. The van der Waals surface area contributed by atoms with Gasteiger partial charge in [-0.05, 0) is 24.3 Å². The van der Waals surface area contributed by atoms with Crippen molar-refractivity contribution in [2.24, 2.45) is 0 Å². The van der Waals surface area contributed by atoms with Crippen molar-refractivity contribution in [3.8, 4) is 0 Å². The maximum atomic E-state index is 11.7. The summed E-state index contributed by atoms with van der Waals surface area (Å²) in [5, 5.41) is 3.63. The van der Waals surface area contributed by atoms with Gasteiger partial charge in [-0.1, -0.05) is 25.4 Å². The van der Waals surface area contributed by atoms with Crippen molar-refractivity contribution in [3.05, 3.63) is 29.3 Å². The van der Waals surface area contributed by atoms with Gasteiger partial charge in [0, 0.05) is 23.3 Å². The lowest BCUT2D eigenvalue weighted by Crippen LogP contribution is -2.30. The average Bonchev–Trinajstić information content (AvgIpc) is 2.20. The van der Waals surface area contributed by atoms with Gasteiger partial charge >= 0.3 is 0 Å². The molecule has 0 saturated carbocycles. The molecule has 2 N–H and O–H groups in total. The molecule has 1 aromatic carbocycles. The molecule has 0 amide bonds. The van der Waals surface area contributed by atoms with Gasteiger partial charge < -0.3 is 5.32 Å². The molecule has 0 fully saturated rings. The van der Waals surface area contributed by atoms with Crippen LogP contribution in [0.15, 0.2) is 24.3 Å². The summed E-state index contributed by atoms with van der Waals surface area (Å²) >= 11 is 5.71. The van der Waals surface area contributed by atoms with Crippen LogP contribution in [0, 0.1) is 0 Å². The molecule has 17 heavy (non-hydrogen) atoms. The summed E-state index contributed by atoms with van der Waals surface area (Å²) < 4.78 is 25.9. The van der Waals surface area contributed by atoms with Crippen molar-refractivity contribution in [1.82, 2.24) is 5.32 Å². The number of sulfonamides is 1. The largest absolute Gasteiger partial charge is 0.313 e. The Kier molecular flexibility index (Phi) is 5.24. The summed E-state index contributed by atoms with van der Waals surface area (Å²) in [4.78, 5) is 0. The zero-order valence-corrected chi connectivity index (χ0v) is 11.5. The highest BCUT2D eigenvalue weighted by Crippen LogP contribution is 2.14. The van der Waals surface area contributed by atoms with E-state index in [2.05, 4.69) is 10.0 Å². The highest BCUT2D eigenvalue weighted by molar-refractivity contribution is 7.92. The first-order valence-electron chi connectivity index (χ1n) is 5.38. The van der Waals surface area contributed by atoms with E-state index in [9.17, 15) is 8.42 Å². The quantitative estimate of drug-likeness (QED) is 0.836. The second-order valence-electron chi connectivity index (χ2n) is 4.04. The number of benzene rings is 1. The molecule has 0 aliphatic carbocycles. The average molecular weight is 277 g/mol. The second-order valence-corrected chi connectivity index (χ2v) is 6.31. The molecule has 0 unspecified atom stereocenters. The number of hydrogen-bond acceptors (Lipinski definition) is 3. The van der Waals surface area contributed by atoms with Crippen LogP contribution in [-0.2, 0) is 10.0 Å². The van der Waals surface area contributed by atoms with Crippen LogP contribution < -0.4 is 10.0 Å². The smallest absolute Gasteiger partial charge is 0.233 e. The van der Waals surface area contributed by atoms with E-state index >= 15 is 0 Å². The molecule has 0 aromatic heterocycles. The van der Waals surface area contributed by atoms with E-state index in [0.717, 1.165) is 0 Å². The van der Waals surface area contributed by atoms with Crippen LogP contribution in [0.25, 0.3) is 0 Å². The van der Waals surface area contributed by atoms with Crippen LogP contribution in [0.3, 0.4) is 0 Å². The summed E-state index contributed by atoms with van der Waals surface area (Å²) in [6.45, 7) is 4.37. The third-order valence-corrected chi connectivity index (χ3v) is 3.58. The van der Waals surface area contributed by atoms with E-state index in [-0.39, 0.29) is 11.8 Å². The highest BCUT2D eigenvalue weighted by Gasteiger charge is 2.10.